The number of carbonyl (C=O) groups is 1. The van der Waals surface area contributed by atoms with Gasteiger partial charge in [-0.3, -0.25) is 4.79 Å². The first-order valence-corrected chi connectivity index (χ1v) is 5.68. The zero-order chi connectivity index (χ0) is 13.3. The van der Waals surface area contributed by atoms with Gasteiger partial charge in [0.15, 0.2) is 17.5 Å². The molecular weight excluding hydrogens is 245 g/mol. The van der Waals surface area contributed by atoms with Gasteiger partial charge >= 0.3 is 0 Å². The van der Waals surface area contributed by atoms with Gasteiger partial charge in [-0.05, 0) is 25.5 Å². The first-order chi connectivity index (χ1) is 8.52. The largest absolute Gasteiger partial charge is 0.369 e. The van der Waals surface area contributed by atoms with Crippen LogP contribution in [0.5, 0.6) is 0 Å². The van der Waals surface area contributed by atoms with Gasteiger partial charge in [0.1, 0.15) is 0 Å². The minimum atomic E-state index is -1.52. The second kappa shape index (κ2) is 4.97. The second-order valence-electron chi connectivity index (χ2n) is 4.35. The Hall–Kier alpha value is -1.56. The molecule has 0 radical (unpaired) electrons. The molecule has 1 aromatic rings. The zero-order valence-corrected chi connectivity index (χ0v) is 9.55. The molecule has 1 fully saturated rings. The minimum Gasteiger partial charge on any atom is -0.369 e. The molecule has 2 atom stereocenters. The molecule has 0 spiro atoms. The molecule has 98 valence electrons. The van der Waals surface area contributed by atoms with Crippen LogP contribution in [0.15, 0.2) is 12.1 Å². The average molecular weight is 258 g/mol. The Morgan fingerprint density at radius 3 is 2.67 bits per heavy atom. The van der Waals surface area contributed by atoms with Gasteiger partial charge in [-0.2, -0.15) is 0 Å². The molecule has 0 saturated carbocycles. The Kier molecular flexibility index (Phi) is 3.56. The van der Waals surface area contributed by atoms with E-state index in [-0.39, 0.29) is 5.56 Å². The lowest BCUT2D eigenvalue weighted by Gasteiger charge is -2.31. The lowest BCUT2D eigenvalue weighted by molar-refractivity contribution is -0.123. The number of benzene rings is 1. The Balaban J connectivity index is 2.40. The van der Waals surface area contributed by atoms with Crippen molar-refractivity contribution in [3.05, 3.63) is 35.1 Å². The molecule has 0 aliphatic carbocycles. The van der Waals surface area contributed by atoms with Crippen molar-refractivity contribution in [1.82, 2.24) is 5.32 Å². The van der Waals surface area contributed by atoms with Crippen LogP contribution in [0.25, 0.3) is 0 Å². The van der Waals surface area contributed by atoms with E-state index in [1.54, 1.807) is 0 Å². The van der Waals surface area contributed by atoms with Crippen molar-refractivity contribution in [2.24, 2.45) is 11.7 Å². The van der Waals surface area contributed by atoms with Gasteiger partial charge in [-0.15, -0.1) is 0 Å². The fourth-order valence-corrected chi connectivity index (χ4v) is 2.30. The van der Waals surface area contributed by atoms with E-state index in [1.165, 1.54) is 0 Å². The van der Waals surface area contributed by atoms with Gasteiger partial charge in [0.2, 0.25) is 5.91 Å². The normalized spacial score (nSPS) is 23.9. The number of piperidine rings is 1. The van der Waals surface area contributed by atoms with Crippen molar-refractivity contribution in [3.63, 3.8) is 0 Å². The van der Waals surface area contributed by atoms with Gasteiger partial charge in [0, 0.05) is 11.6 Å². The fourth-order valence-electron chi connectivity index (χ4n) is 2.30. The highest BCUT2D eigenvalue weighted by molar-refractivity contribution is 5.77. The lowest BCUT2D eigenvalue weighted by Crippen LogP contribution is -2.41. The number of hydrogen-bond donors (Lipinski definition) is 2. The van der Waals surface area contributed by atoms with Gasteiger partial charge in [-0.25, -0.2) is 13.2 Å². The lowest BCUT2D eigenvalue weighted by atomic mass is 9.85. The monoisotopic (exact) mass is 258 g/mol. The van der Waals surface area contributed by atoms with Crippen LogP contribution in [0.2, 0.25) is 0 Å². The topological polar surface area (TPSA) is 55.1 Å². The molecule has 1 aromatic carbocycles. The van der Waals surface area contributed by atoms with Gasteiger partial charge in [0.05, 0.1) is 5.92 Å². The standard InChI is InChI=1S/C12H13F3N2O/c13-8-4-3-6(9(14)10(8)15)11-7(12(16)18)2-1-5-17-11/h3-4,7,11,17H,1-2,5H2,(H2,16,18). The Morgan fingerprint density at radius 1 is 1.28 bits per heavy atom. The first-order valence-electron chi connectivity index (χ1n) is 5.68. The molecule has 1 aliphatic rings. The molecule has 1 amide bonds. The maximum atomic E-state index is 13.7. The average Bonchev–Trinajstić information content (AvgIpc) is 2.36. The Bertz CT molecular complexity index is 479. The Morgan fingerprint density at radius 2 is 2.00 bits per heavy atom. The maximum Gasteiger partial charge on any atom is 0.222 e. The third kappa shape index (κ3) is 2.20. The molecule has 2 rings (SSSR count). The summed E-state index contributed by atoms with van der Waals surface area (Å²) in [5.74, 6) is -5.22. The summed E-state index contributed by atoms with van der Waals surface area (Å²) >= 11 is 0. The van der Waals surface area contributed by atoms with E-state index in [1.807, 2.05) is 0 Å². The van der Waals surface area contributed by atoms with Crippen molar-refractivity contribution in [2.75, 3.05) is 6.54 Å². The van der Waals surface area contributed by atoms with Crippen molar-refractivity contribution in [2.45, 2.75) is 18.9 Å². The number of hydrogen-bond acceptors (Lipinski definition) is 2. The number of carbonyl (C=O) groups excluding carboxylic acids is 1. The molecule has 1 aliphatic heterocycles. The zero-order valence-electron chi connectivity index (χ0n) is 9.55. The van der Waals surface area contributed by atoms with E-state index in [0.29, 0.717) is 13.0 Å². The molecule has 0 aromatic heterocycles. The molecule has 1 saturated heterocycles. The summed E-state index contributed by atoms with van der Waals surface area (Å²) in [7, 11) is 0. The summed E-state index contributed by atoms with van der Waals surface area (Å²) in [6, 6.07) is 1.29. The van der Waals surface area contributed by atoms with Crippen LogP contribution >= 0.6 is 0 Å². The number of primary amides is 1. The van der Waals surface area contributed by atoms with Gasteiger partial charge in [0.25, 0.3) is 0 Å². The fraction of sp³-hybridized carbons (Fsp3) is 0.417. The van der Waals surface area contributed by atoms with Crippen LogP contribution in [0, 0.1) is 23.4 Å². The molecule has 2 unspecified atom stereocenters. The summed E-state index contributed by atoms with van der Waals surface area (Å²) in [6.45, 7) is 0.576. The number of nitrogens with two attached hydrogens (primary N) is 1. The van der Waals surface area contributed by atoms with Crippen LogP contribution in [0.3, 0.4) is 0 Å². The van der Waals surface area contributed by atoms with Crippen molar-refractivity contribution >= 4 is 5.91 Å². The van der Waals surface area contributed by atoms with Crippen molar-refractivity contribution < 1.29 is 18.0 Å². The van der Waals surface area contributed by atoms with E-state index in [2.05, 4.69) is 5.32 Å². The quantitative estimate of drug-likeness (QED) is 0.792. The first kappa shape index (κ1) is 12.9. The molecule has 0 bridgehead atoms. The third-order valence-electron chi connectivity index (χ3n) is 3.22. The van der Waals surface area contributed by atoms with Gasteiger partial charge < -0.3 is 11.1 Å². The van der Waals surface area contributed by atoms with Crippen LogP contribution < -0.4 is 11.1 Å². The number of amides is 1. The number of nitrogens with one attached hydrogen (secondary N) is 1. The predicted octanol–water partition coefficient (Wildman–Crippen LogP) is 1.63. The van der Waals surface area contributed by atoms with Crippen LogP contribution in [-0.4, -0.2) is 12.5 Å². The highest BCUT2D eigenvalue weighted by Gasteiger charge is 2.33. The molecule has 18 heavy (non-hydrogen) atoms. The highest BCUT2D eigenvalue weighted by atomic mass is 19.2. The molecule has 3 nitrogen and oxygen atoms in total. The van der Waals surface area contributed by atoms with E-state index >= 15 is 0 Å². The summed E-state index contributed by atoms with van der Waals surface area (Å²) in [4.78, 5) is 11.3. The smallest absolute Gasteiger partial charge is 0.222 e. The van der Waals surface area contributed by atoms with E-state index in [4.69, 9.17) is 5.73 Å². The van der Waals surface area contributed by atoms with Crippen molar-refractivity contribution in [3.8, 4) is 0 Å². The summed E-state index contributed by atoms with van der Waals surface area (Å²) < 4.78 is 39.7. The van der Waals surface area contributed by atoms with E-state index in [0.717, 1.165) is 18.6 Å². The molecule has 3 N–H and O–H groups in total. The summed E-state index contributed by atoms with van der Waals surface area (Å²) in [6.07, 6.45) is 1.24. The van der Waals surface area contributed by atoms with E-state index in [9.17, 15) is 18.0 Å². The van der Waals surface area contributed by atoms with Crippen LogP contribution in [0.4, 0.5) is 13.2 Å². The predicted molar refractivity (Wildman–Crippen MR) is 59.0 cm³/mol. The Labute approximate surface area is 102 Å². The maximum absolute atomic E-state index is 13.7. The summed E-state index contributed by atoms with van der Waals surface area (Å²) in [5, 5.41) is 2.92. The van der Waals surface area contributed by atoms with Crippen LogP contribution in [-0.2, 0) is 4.79 Å². The van der Waals surface area contributed by atoms with Gasteiger partial charge in [-0.1, -0.05) is 6.07 Å². The molecule has 1 heterocycles. The van der Waals surface area contributed by atoms with E-state index < -0.39 is 35.3 Å². The number of rotatable bonds is 2. The summed E-state index contributed by atoms with van der Waals surface area (Å²) in [5.41, 5.74) is 5.19. The number of halogens is 3. The SMILES string of the molecule is NC(=O)C1CCCNC1c1ccc(F)c(F)c1F. The minimum absolute atomic E-state index is 0.0580. The third-order valence-corrected chi connectivity index (χ3v) is 3.22. The molecule has 6 heteroatoms. The van der Waals surface area contributed by atoms with Crippen LogP contribution in [0.1, 0.15) is 24.4 Å². The second-order valence-corrected chi connectivity index (χ2v) is 4.35. The van der Waals surface area contributed by atoms with Crippen molar-refractivity contribution in [1.29, 1.82) is 0 Å². The molecular formula is C12H13F3N2O. The highest BCUT2D eigenvalue weighted by Crippen LogP contribution is 2.31.